The topological polar surface area (TPSA) is 109 Å². The number of pyridine rings is 1. The average Bonchev–Trinajstić information content (AvgIpc) is 3.48. The summed E-state index contributed by atoms with van der Waals surface area (Å²) in [5, 5.41) is 12.9. The molecule has 0 unspecified atom stereocenters. The predicted molar refractivity (Wildman–Crippen MR) is 130 cm³/mol. The van der Waals surface area contributed by atoms with Crippen LogP contribution in [0.4, 0.5) is 8.78 Å². The second kappa shape index (κ2) is 11.3. The van der Waals surface area contributed by atoms with Crippen molar-refractivity contribution in [1.29, 1.82) is 0 Å². The highest BCUT2D eigenvalue weighted by Crippen LogP contribution is 2.37. The number of nitrogens with zero attached hydrogens (tertiary/aromatic N) is 2. The van der Waals surface area contributed by atoms with Crippen molar-refractivity contribution >= 4 is 16.0 Å². The highest BCUT2D eigenvalue weighted by atomic mass is 32.2. The summed E-state index contributed by atoms with van der Waals surface area (Å²) in [5.74, 6) is -3.38. The molecule has 1 saturated heterocycles. The lowest BCUT2D eigenvalue weighted by molar-refractivity contribution is -0.140. The van der Waals surface area contributed by atoms with Gasteiger partial charge in [-0.15, -0.1) is 0 Å². The molecule has 0 bridgehead atoms. The summed E-state index contributed by atoms with van der Waals surface area (Å²) >= 11 is 0. The van der Waals surface area contributed by atoms with Crippen LogP contribution in [0.2, 0.25) is 0 Å². The summed E-state index contributed by atoms with van der Waals surface area (Å²) < 4.78 is 60.8. The Morgan fingerprint density at radius 3 is 2.67 bits per heavy atom. The normalized spacial score (nSPS) is 27.4. The fourth-order valence-corrected chi connectivity index (χ4v) is 7.46. The number of carbonyl (C=O) groups is 1. The van der Waals surface area contributed by atoms with Gasteiger partial charge in [-0.3, -0.25) is 4.79 Å². The highest BCUT2D eigenvalue weighted by molar-refractivity contribution is 7.89. The molecule has 1 aliphatic heterocycles. The van der Waals surface area contributed by atoms with Crippen molar-refractivity contribution in [3.05, 3.63) is 17.8 Å². The maximum atomic E-state index is 13.4. The molecule has 1 aromatic heterocycles. The molecule has 11 heteroatoms. The molecule has 0 aromatic carbocycles. The second-order valence-electron chi connectivity index (χ2n) is 10.4. The molecule has 2 heterocycles. The molecule has 0 radical (unpaired) electrons. The summed E-state index contributed by atoms with van der Waals surface area (Å²) in [6, 6.07) is 2.13. The van der Waals surface area contributed by atoms with E-state index in [9.17, 15) is 27.1 Å². The van der Waals surface area contributed by atoms with Crippen LogP contribution in [0, 0.1) is 12.8 Å². The third-order valence-corrected chi connectivity index (χ3v) is 9.72. The van der Waals surface area contributed by atoms with Crippen LogP contribution in [0.5, 0.6) is 5.88 Å². The largest absolute Gasteiger partial charge is 0.480 e. The van der Waals surface area contributed by atoms with E-state index in [1.165, 1.54) is 6.07 Å². The number of rotatable bonds is 10. The van der Waals surface area contributed by atoms with E-state index in [0.717, 1.165) is 43.0 Å². The number of carboxylic acids is 1. The minimum atomic E-state index is -4.08. The van der Waals surface area contributed by atoms with Crippen LogP contribution in [-0.2, 0) is 14.8 Å². The van der Waals surface area contributed by atoms with Crippen molar-refractivity contribution in [2.45, 2.75) is 107 Å². The lowest BCUT2D eigenvalue weighted by Gasteiger charge is -2.29. The number of sulfonamides is 1. The van der Waals surface area contributed by atoms with Crippen LogP contribution >= 0.6 is 0 Å². The molecule has 3 atom stereocenters. The first-order chi connectivity index (χ1) is 17.1. The molecule has 2 aliphatic carbocycles. The minimum absolute atomic E-state index is 0.0456. The lowest BCUT2D eigenvalue weighted by Crippen LogP contribution is -2.40. The maximum Gasteiger partial charge on any atom is 0.322 e. The Labute approximate surface area is 211 Å². The number of nitrogens with one attached hydrogen (secondary N) is 1. The molecule has 0 spiro atoms. The molecule has 3 aliphatic rings. The number of aliphatic carboxylic acids is 1. The third-order valence-electron chi connectivity index (χ3n) is 7.79. The minimum Gasteiger partial charge on any atom is -0.480 e. The molecular weight excluding hydrogens is 492 g/mol. The number of halogens is 2. The number of aryl methyl sites for hydroxylation is 1. The Morgan fingerprint density at radius 1 is 1.19 bits per heavy atom. The van der Waals surface area contributed by atoms with E-state index in [1.807, 2.05) is 0 Å². The van der Waals surface area contributed by atoms with Gasteiger partial charge in [0.25, 0.3) is 0 Å². The number of hydrogen-bond donors (Lipinski definition) is 2. The van der Waals surface area contributed by atoms with Crippen molar-refractivity contribution in [1.82, 2.24) is 14.6 Å². The molecule has 202 valence electrons. The van der Waals surface area contributed by atoms with Crippen LogP contribution in [-0.4, -0.2) is 66.0 Å². The van der Waals surface area contributed by atoms with Crippen LogP contribution in [0.3, 0.4) is 0 Å². The zero-order valence-electron chi connectivity index (χ0n) is 20.8. The number of ether oxygens (including phenoxy) is 1. The third kappa shape index (κ3) is 6.34. The summed E-state index contributed by atoms with van der Waals surface area (Å²) in [6.07, 6.45) is 6.02. The van der Waals surface area contributed by atoms with Crippen LogP contribution in [0.25, 0.3) is 0 Å². The van der Waals surface area contributed by atoms with Crippen molar-refractivity contribution in [2.75, 3.05) is 13.1 Å². The van der Waals surface area contributed by atoms with E-state index in [0.29, 0.717) is 25.0 Å². The van der Waals surface area contributed by atoms with Gasteiger partial charge in [0.15, 0.2) is 0 Å². The summed E-state index contributed by atoms with van der Waals surface area (Å²) in [7, 11) is -4.08. The fraction of sp³-hybridized carbons (Fsp3) is 0.760. The van der Waals surface area contributed by atoms with Gasteiger partial charge in [-0.1, -0.05) is 0 Å². The summed E-state index contributed by atoms with van der Waals surface area (Å²) in [4.78, 5) is 15.9. The predicted octanol–water partition coefficient (Wildman–Crippen LogP) is 4.12. The SMILES string of the molecule is Cc1ccc(S(=O)(=O)N2CCC[C@H]2C(=O)O)c(O[C@@H]2CCC[C@@H]2CCCNC2CCC(F)(F)CC2)n1. The van der Waals surface area contributed by atoms with Crippen molar-refractivity contribution < 1.29 is 31.8 Å². The fourth-order valence-electron chi connectivity index (χ4n) is 5.75. The van der Waals surface area contributed by atoms with E-state index in [1.54, 1.807) is 13.0 Å². The molecule has 2 N–H and O–H groups in total. The van der Waals surface area contributed by atoms with Crippen LogP contribution in [0.15, 0.2) is 17.0 Å². The van der Waals surface area contributed by atoms with Gasteiger partial charge < -0.3 is 15.2 Å². The Hall–Kier alpha value is -1.85. The van der Waals surface area contributed by atoms with Gasteiger partial charge in [-0.25, -0.2) is 22.2 Å². The van der Waals surface area contributed by atoms with Gasteiger partial charge in [0, 0.05) is 31.1 Å². The Morgan fingerprint density at radius 2 is 1.94 bits per heavy atom. The van der Waals surface area contributed by atoms with Gasteiger partial charge in [0.2, 0.25) is 21.8 Å². The molecule has 4 rings (SSSR count). The number of alkyl halides is 2. The molecule has 36 heavy (non-hydrogen) atoms. The molecule has 2 saturated carbocycles. The zero-order chi connectivity index (χ0) is 25.9. The van der Waals surface area contributed by atoms with E-state index < -0.39 is 28.0 Å². The summed E-state index contributed by atoms with van der Waals surface area (Å²) in [6.45, 7) is 2.68. The molecule has 1 aromatic rings. The number of aromatic nitrogens is 1. The summed E-state index contributed by atoms with van der Waals surface area (Å²) in [5.41, 5.74) is 0.622. The van der Waals surface area contributed by atoms with Crippen molar-refractivity contribution in [3.8, 4) is 5.88 Å². The van der Waals surface area contributed by atoms with Gasteiger partial charge in [0.05, 0.1) is 0 Å². The Kier molecular flexibility index (Phi) is 8.51. The van der Waals surface area contributed by atoms with Gasteiger partial charge in [-0.2, -0.15) is 4.31 Å². The van der Waals surface area contributed by atoms with E-state index in [-0.39, 0.29) is 54.6 Å². The van der Waals surface area contributed by atoms with E-state index >= 15 is 0 Å². The molecule has 3 fully saturated rings. The average molecular weight is 530 g/mol. The smallest absolute Gasteiger partial charge is 0.322 e. The number of carboxylic acid groups (broad SMARTS) is 1. The standard InChI is InChI=1S/C25H37F2N3O5S/c1-17-9-10-22(36(33,34)30-16-4-7-20(30)24(31)32)23(29-17)35-21-8-2-5-18(21)6-3-15-28-19-11-13-25(26,27)14-12-19/h9-10,18-21,28H,2-8,11-16H2,1H3,(H,31,32)/t18-,20+,21-/m1/s1. The van der Waals surface area contributed by atoms with Crippen molar-refractivity contribution in [2.24, 2.45) is 5.92 Å². The van der Waals surface area contributed by atoms with E-state index in [2.05, 4.69) is 10.3 Å². The first kappa shape index (κ1) is 27.2. The lowest BCUT2D eigenvalue weighted by atomic mass is 9.92. The maximum absolute atomic E-state index is 13.4. The van der Waals surface area contributed by atoms with E-state index in [4.69, 9.17) is 4.74 Å². The van der Waals surface area contributed by atoms with Crippen LogP contribution in [0.1, 0.15) is 76.3 Å². The van der Waals surface area contributed by atoms with Crippen LogP contribution < -0.4 is 10.1 Å². The molecule has 8 nitrogen and oxygen atoms in total. The van der Waals surface area contributed by atoms with Gasteiger partial charge in [0.1, 0.15) is 17.0 Å². The number of hydrogen-bond acceptors (Lipinski definition) is 6. The molecular formula is C25H37F2N3O5S. The van der Waals surface area contributed by atoms with Gasteiger partial charge in [-0.05, 0) is 89.3 Å². The highest BCUT2D eigenvalue weighted by Gasteiger charge is 2.42. The monoisotopic (exact) mass is 529 g/mol. The first-order valence-electron chi connectivity index (χ1n) is 13.1. The Balaban J connectivity index is 1.37. The molecule has 0 amide bonds. The van der Waals surface area contributed by atoms with Gasteiger partial charge >= 0.3 is 5.97 Å². The first-order valence-corrected chi connectivity index (χ1v) is 14.5. The van der Waals surface area contributed by atoms with Crippen molar-refractivity contribution in [3.63, 3.8) is 0 Å². The quantitative estimate of drug-likeness (QED) is 0.439. The Bertz CT molecular complexity index is 1030. The zero-order valence-corrected chi connectivity index (χ0v) is 21.6. The second-order valence-corrected chi connectivity index (χ2v) is 12.3.